The Hall–Kier alpha value is -2.56. The second-order valence-electron chi connectivity index (χ2n) is 4.88. The Morgan fingerprint density at radius 2 is 2.00 bits per heavy atom. The van der Waals surface area contributed by atoms with Crippen LogP contribution in [0.5, 0.6) is 5.75 Å². The van der Waals surface area contributed by atoms with Crippen molar-refractivity contribution in [3.63, 3.8) is 0 Å². The molecule has 0 amide bonds. The number of nitrogens with one attached hydrogen (secondary N) is 1. The molecule has 0 aromatic heterocycles. The molecule has 0 heterocycles. The minimum Gasteiger partial charge on any atom is -0.489 e. The van der Waals surface area contributed by atoms with E-state index >= 15 is 0 Å². The molecule has 0 aliphatic rings. The first-order valence-electron chi connectivity index (χ1n) is 6.67. The van der Waals surface area contributed by atoms with Crippen LogP contribution < -0.4 is 10.1 Å². The van der Waals surface area contributed by atoms with Crippen LogP contribution in [0.2, 0.25) is 0 Å². The molecule has 110 valence electrons. The molecule has 0 spiro atoms. The number of para-hydroxylation sites is 1. The minimum atomic E-state index is -0.396. The van der Waals surface area contributed by atoms with Crippen LogP contribution in [-0.4, -0.2) is 12.0 Å². The predicted octanol–water partition coefficient (Wildman–Crippen LogP) is 3.83. The Bertz CT molecular complexity index is 669. The SMILES string of the molecule is CNc1c(COc2cc(C)ccc2C)cccc1[N+](=O)[O-]. The number of hydrogen-bond acceptors (Lipinski definition) is 4. The third-order valence-electron chi connectivity index (χ3n) is 3.30. The van der Waals surface area contributed by atoms with Crippen molar-refractivity contribution in [1.29, 1.82) is 0 Å². The van der Waals surface area contributed by atoms with Crippen molar-refractivity contribution >= 4 is 11.4 Å². The van der Waals surface area contributed by atoms with E-state index in [1.165, 1.54) is 6.07 Å². The Morgan fingerprint density at radius 1 is 1.24 bits per heavy atom. The molecule has 1 N–H and O–H groups in total. The second-order valence-corrected chi connectivity index (χ2v) is 4.88. The number of nitro benzene ring substituents is 1. The maximum absolute atomic E-state index is 11.0. The van der Waals surface area contributed by atoms with Gasteiger partial charge in [0.2, 0.25) is 0 Å². The van der Waals surface area contributed by atoms with E-state index in [0.717, 1.165) is 22.4 Å². The summed E-state index contributed by atoms with van der Waals surface area (Å²) in [4.78, 5) is 10.6. The summed E-state index contributed by atoms with van der Waals surface area (Å²) in [5.74, 6) is 0.795. The molecular formula is C16H18N2O3. The molecule has 2 rings (SSSR count). The highest BCUT2D eigenvalue weighted by Gasteiger charge is 2.16. The average Bonchev–Trinajstić information content (AvgIpc) is 2.47. The summed E-state index contributed by atoms with van der Waals surface area (Å²) in [6.07, 6.45) is 0. The van der Waals surface area contributed by atoms with E-state index in [9.17, 15) is 10.1 Å². The standard InChI is InChI=1S/C16H18N2O3/c1-11-7-8-12(2)15(9-11)21-10-13-5-4-6-14(18(19)20)16(13)17-3/h4-9,17H,10H2,1-3H3. The van der Waals surface area contributed by atoms with E-state index in [-0.39, 0.29) is 12.3 Å². The number of benzene rings is 2. The van der Waals surface area contributed by atoms with Crippen LogP contribution in [0.4, 0.5) is 11.4 Å². The maximum atomic E-state index is 11.0. The van der Waals surface area contributed by atoms with Gasteiger partial charge >= 0.3 is 0 Å². The minimum absolute atomic E-state index is 0.0552. The molecule has 5 nitrogen and oxygen atoms in total. The zero-order chi connectivity index (χ0) is 15.4. The van der Waals surface area contributed by atoms with E-state index < -0.39 is 4.92 Å². The van der Waals surface area contributed by atoms with Gasteiger partial charge in [-0.15, -0.1) is 0 Å². The normalized spacial score (nSPS) is 10.2. The van der Waals surface area contributed by atoms with E-state index in [1.807, 2.05) is 38.1 Å². The Morgan fingerprint density at radius 3 is 2.67 bits per heavy atom. The first-order chi connectivity index (χ1) is 10.0. The van der Waals surface area contributed by atoms with Gasteiger partial charge in [-0.2, -0.15) is 0 Å². The van der Waals surface area contributed by atoms with Crippen molar-refractivity contribution in [3.8, 4) is 5.75 Å². The van der Waals surface area contributed by atoms with Gasteiger partial charge < -0.3 is 10.1 Å². The number of nitro groups is 1. The molecule has 0 fully saturated rings. The van der Waals surface area contributed by atoms with E-state index in [4.69, 9.17) is 4.74 Å². The quantitative estimate of drug-likeness (QED) is 0.670. The summed E-state index contributed by atoms with van der Waals surface area (Å²) in [5.41, 5.74) is 3.46. The predicted molar refractivity (Wildman–Crippen MR) is 82.9 cm³/mol. The zero-order valence-electron chi connectivity index (χ0n) is 12.3. The molecule has 2 aromatic rings. The fourth-order valence-corrected chi connectivity index (χ4v) is 2.17. The fourth-order valence-electron chi connectivity index (χ4n) is 2.17. The Kier molecular flexibility index (Phi) is 4.42. The van der Waals surface area contributed by atoms with Crippen LogP contribution in [-0.2, 0) is 6.61 Å². The number of rotatable bonds is 5. The number of ether oxygens (including phenoxy) is 1. The van der Waals surface area contributed by atoms with Gasteiger partial charge in [0, 0.05) is 18.7 Å². The molecule has 0 saturated carbocycles. The van der Waals surface area contributed by atoms with E-state index in [2.05, 4.69) is 5.32 Å². The van der Waals surface area contributed by atoms with Gasteiger partial charge in [0.05, 0.1) is 4.92 Å². The monoisotopic (exact) mass is 286 g/mol. The number of aryl methyl sites for hydroxylation is 2. The Balaban J connectivity index is 2.26. The van der Waals surface area contributed by atoms with Crippen LogP contribution in [0.25, 0.3) is 0 Å². The molecule has 0 atom stereocenters. The molecule has 0 bridgehead atoms. The molecular weight excluding hydrogens is 268 g/mol. The highest BCUT2D eigenvalue weighted by atomic mass is 16.6. The third-order valence-corrected chi connectivity index (χ3v) is 3.30. The van der Waals surface area contributed by atoms with E-state index in [1.54, 1.807) is 13.1 Å². The van der Waals surface area contributed by atoms with Gasteiger partial charge in [-0.25, -0.2) is 0 Å². The highest BCUT2D eigenvalue weighted by Crippen LogP contribution is 2.29. The maximum Gasteiger partial charge on any atom is 0.292 e. The summed E-state index contributed by atoms with van der Waals surface area (Å²) < 4.78 is 5.82. The van der Waals surface area contributed by atoms with Crippen molar-refractivity contribution in [2.24, 2.45) is 0 Å². The first kappa shape index (κ1) is 14.8. The largest absolute Gasteiger partial charge is 0.489 e. The molecule has 0 aliphatic heterocycles. The van der Waals surface area contributed by atoms with Gasteiger partial charge in [0.1, 0.15) is 18.0 Å². The first-order valence-corrected chi connectivity index (χ1v) is 6.67. The number of nitrogens with zero attached hydrogens (tertiary/aromatic N) is 1. The fraction of sp³-hybridized carbons (Fsp3) is 0.250. The van der Waals surface area contributed by atoms with Gasteiger partial charge in [-0.3, -0.25) is 10.1 Å². The van der Waals surface area contributed by atoms with Gasteiger partial charge in [0.15, 0.2) is 0 Å². The topological polar surface area (TPSA) is 64.4 Å². The smallest absolute Gasteiger partial charge is 0.292 e. The lowest BCUT2D eigenvalue weighted by Crippen LogP contribution is -2.04. The van der Waals surface area contributed by atoms with Gasteiger partial charge in [-0.1, -0.05) is 24.3 Å². The molecule has 21 heavy (non-hydrogen) atoms. The molecule has 5 heteroatoms. The van der Waals surface area contributed by atoms with Crippen LogP contribution in [0, 0.1) is 24.0 Å². The lowest BCUT2D eigenvalue weighted by Gasteiger charge is -2.13. The second kappa shape index (κ2) is 6.26. The third kappa shape index (κ3) is 3.31. The lowest BCUT2D eigenvalue weighted by atomic mass is 10.1. The zero-order valence-corrected chi connectivity index (χ0v) is 12.3. The summed E-state index contributed by atoms with van der Waals surface area (Å²) >= 11 is 0. The summed E-state index contributed by atoms with van der Waals surface area (Å²) in [7, 11) is 1.67. The summed E-state index contributed by atoms with van der Waals surface area (Å²) in [5, 5.41) is 13.9. The van der Waals surface area contributed by atoms with Crippen LogP contribution >= 0.6 is 0 Å². The van der Waals surface area contributed by atoms with Gasteiger partial charge in [-0.05, 0) is 31.0 Å². The molecule has 0 unspecified atom stereocenters. The molecule has 0 aliphatic carbocycles. The Labute approximate surface area is 123 Å². The molecule has 0 radical (unpaired) electrons. The van der Waals surface area contributed by atoms with Crippen molar-refractivity contribution in [2.75, 3.05) is 12.4 Å². The van der Waals surface area contributed by atoms with Crippen molar-refractivity contribution in [3.05, 3.63) is 63.2 Å². The van der Waals surface area contributed by atoms with Crippen LogP contribution in [0.1, 0.15) is 16.7 Å². The average molecular weight is 286 g/mol. The van der Waals surface area contributed by atoms with E-state index in [0.29, 0.717) is 5.69 Å². The molecule has 0 saturated heterocycles. The van der Waals surface area contributed by atoms with Crippen molar-refractivity contribution < 1.29 is 9.66 Å². The van der Waals surface area contributed by atoms with Crippen LogP contribution in [0.15, 0.2) is 36.4 Å². The molecule has 2 aromatic carbocycles. The van der Waals surface area contributed by atoms with Crippen molar-refractivity contribution in [2.45, 2.75) is 20.5 Å². The highest BCUT2D eigenvalue weighted by molar-refractivity contribution is 5.66. The number of anilines is 1. The van der Waals surface area contributed by atoms with Crippen LogP contribution in [0.3, 0.4) is 0 Å². The van der Waals surface area contributed by atoms with Gasteiger partial charge in [0.25, 0.3) is 5.69 Å². The summed E-state index contributed by atoms with van der Waals surface area (Å²) in [6, 6.07) is 11.0. The van der Waals surface area contributed by atoms with Crippen molar-refractivity contribution in [1.82, 2.24) is 0 Å². The lowest BCUT2D eigenvalue weighted by molar-refractivity contribution is -0.384. The number of hydrogen-bond donors (Lipinski definition) is 1. The summed E-state index contributed by atoms with van der Waals surface area (Å²) in [6.45, 7) is 4.25.